The van der Waals surface area contributed by atoms with Crippen LogP contribution in [0.5, 0.6) is 0 Å². The summed E-state index contributed by atoms with van der Waals surface area (Å²) < 4.78 is 38.4. The van der Waals surface area contributed by atoms with Crippen LogP contribution in [0, 0.1) is 5.82 Å². The Bertz CT molecular complexity index is 1050. The zero-order chi connectivity index (χ0) is 22.4. The minimum Gasteiger partial charge on any atom is -0.380 e. The van der Waals surface area contributed by atoms with E-state index in [1.165, 1.54) is 67.0 Å². The highest BCUT2D eigenvalue weighted by atomic mass is 32.2. The third-order valence-corrected chi connectivity index (χ3v) is 5.80. The van der Waals surface area contributed by atoms with Crippen LogP contribution in [-0.2, 0) is 14.6 Å². The van der Waals surface area contributed by atoms with Crippen molar-refractivity contribution in [3.63, 3.8) is 0 Å². The van der Waals surface area contributed by atoms with Crippen molar-refractivity contribution in [2.75, 3.05) is 11.1 Å². The van der Waals surface area contributed by atoms with E-state index < -0.39 is 33.1 Å². The number of sulfone groups is 1. The van der Waals surface area contributed by atoms with E-state index in [0.29, 0.717) is 5.69 Å². The largest absolute Gasteiger partial charge is 0.380 e. The van der Waals surface area contributed by atoms with Gasteiger partial charge in [0.2, 0.25) is 0 Å². The number of aliphatic hydroxyl groups is 1. The number of amides is 2. The molecule has 2 rings (SSSR count). The van der Waals surface area contributed by atoms with E-state index in [0.717, 1.165) is 6.07 Å². The number of hydrogen-bond donors (Lipinski definition) is 4. The summed E-state index contributed by atoms with van der Waals surface area (Å²) in [4.78, 5) is 23.3. The molecular formula is C20H21FN2O6S. The summed E-state index contributed by atoms with van der Waals surface area (Å²) in [5.41, 5.74) is -0.392. The molecule has 0 radical (unpaired) electrons. The van der Waals surface area contributed by atoms with E-state index in [9.17, 15) is 27.5 Å². The molecule has 30 heavy (non-hydrogen) atoms. The molecule has 2 aromatic rings. The average molecular weight is 436 g/mol. The third kappa shape index (κ3) is 5.96. The van der Waals surface area contributed by atoms with Crippen molar-refractivity contribution >= 4 is 27.3 Å². The molecule has 2 aromatic carbocycles. The van der Waals surface area contributed by atoms with Crippen LogP contribution in [0.3, 0.4) is 0 Å². The number of hydroxylamine groups is 1. The summed E-state index contributed by atoms with van der Waals surface area (Å²) in [6.07, 6.45) is 2.40. The molecule has 0 fully saturated rings. The van der Waals surface area contributed by atoms with Crippen molar-refractivity contribution in [3.05, 3.63) is 72.1 Å². The van der Waals surface area contributed by atoms with E-state index in [4.69, 9.17) is 5.21 Å². The summed E-state index contributed by atoms with van der Waals surface area (Å²) in [5, 5.41) is 20.8. The van der Waals surface area contributed by atoms with Gasteiger partial charge in [0.1, 0.15) is 11.4 Å². The lowest BCUT2D eigenvalue weighted by Crippen LogP contribution is -2.42. The maximum absolute atomic E-state index is 13.7. The summed E-state index contributed by atoms with van der Waals surface area (Å²) >= 11 is 0. The summed E-state index contributed by atoms with van der Waals surface area (Å²) in [5.74, 6) is -2.73. The van der Waals surface area contributed by atoms with Crippen LogP contribution in [0.25, 0.3) is 0 Å². The standard InChI is InChI=1S/C20H21FN2O6S/c1-20(26,19(25)23-27)12-4-5-13-30(28,29)15-10-8-14(9-11-15)22-18(24)16-6-2-3-7-17(16)21/h2-11,26-27H,12-13H2,1H3,(H,22,24)(H,23,25). The molecule has 0 aliphatic heterocycles. The van der Waals surface area contributed by atoms with Gasteiger partial charge in [0.05, 0.1) is 16.2 Å². The van der Waals surface area contributed by atoms with E-state index >= 15 is 0 Å². The predicted molar refractivity (Wildman–Crippen MR) is 107 cm³/mol. The first-order valence-corrected chi connectivity index (χ1v) is 10.4. The third-order valence-electron chi connectivity index (χ3n) is 4.18. The molecule has 0 aliphatic carbocycles. The molecule has 0 heterocycles. The second kappa shape index (κ2) is 9.61. The van der Waals surface area contributed by atoms with Crippen LogP contribution in [0.4, 0.5) is 10.1 Å². The monoisotopic (exact) mass is 436 g/mol. The lowest BCUT2D eigenvalue weighted by atomic mass is 10.0. The number of halogens is 1. The Kier molecular flexibility index (Phi) is 7.43. The molecule has 1 atom stereocenters. The van der Waals surface area contributed by atoms with Gasteiger partial charge in [0.25, 0.3) is 11.8 Å². The molecule has 1 unspecified atom stereocenters. The average Bonchev–Trinajstić information content (AvgIpc) is 2.71. The van der Waals surface area contributed by atoms with E-state index in [-0.39, 0.29) is 22.6 Å². The van der Waals surface area contributed by atoms with Gasteiger partial charge >= 0.3 is 0 Å². The van der Waals surface area contributed by atoms with Crippen LogP contribution in [0.2, 0.25) is 0 Å². The Morgan fingerprint density at radius 1 is 1.10 bits per heavy atom. The SMILES string of the molecule is CC(O)(CC=CCS(=O)(=O)c1ccc(NC(=O)c2ccccc2F)cc1)C(=O)NO. The molecule has 0 aliphatic rings. The zero-order valence-corrected chi connectivity index (χ0v) is 16.8. The van der Waals surface area contributed by atoms with Gasteiger partial charge in [0.15, 0.2) is 9.84 Å². The van der Waals surface area contributed by atoms with Crippen molar-refractivity contribution in [2.45, 2.75) is 23.8 Å². The van der Waals surface area contributed by atoms with Gasteiger partial charge < -0.3 is 10.4 Å². The Hall–Kier alpha value is -3.08. The minimum absolute atomic E-state index is 0.00379. The smallest absolute Gasteiger partial charge is 0.275 e. The minimum atomic E-state index is -3.70. The highest BCUT2D eigenvalue weighted by molar-refractivity contribution is 7.91. The van der Waals surface area contributed by atoms with Crippen LogP contribution >= 0.6 is 0 Å². The second-order valence-electron chi connectivity index (χ2n) is 6.63. The first-order valence-electron chi connectivity index (χ1n) is 8.77. The van der Waals surface area contributed by atoms with Crippen LogP contribution in [0.15, 0.2) is 65.6 Å². The molecule has 4 N–H and O–H groups in total. The van der Waals surface area contributed by atoms with Crippen molar-refractivity contribution in [1.29, 1.82) is 0 Å². The van der Waals surface area contributed by atoms with E-state index in [1.807, 2.05) is 0 Å². The molecule has 0 spiro atoms. The van der Waals surface area contributed by atoms with Crippen LogP contribution in [-0.4, -0.2) is 41.9 Å². The summed E-state index contributed by atoms with van der Waals surface area (Å²) in [6, 6.07) is 10.8. The quantitative estimate of drug-likeness (QED) is 0.284. The van der Waals surface area contributed by atoms with Crippen molar-refractivity contribution in [1.82, 2.24) is 5.48 Å². The van der Waals surface area contributed by atoms with Crippen LogP contribution in [0.1, 0.15) is 23.7 Å². The normalized spacial score (nSPS) is 13.6. The number of anilines is 1. The molecule has 0 aromatic heterocycles. The number of benzene rings is 2. The van der Waals surface area contributed by atoms with Gasteiger partial charge in [-0.3, -0.25) is 14.8 Å². The van der Waals surface area contributed by atoms with Gasteiger partial charge in [-0.05, 0) is 43.3 Å². The first-order chi connectivity index (χ1) is 14.1. The Morgan fingerprint density at radius 3 is 2.33 bits per heavy atom. The van der Waals surface area contributed by atoms with E-state index in [2.05, 4.69) is 5.32 Å². The predicted octanol–water partition coefficient (Wildman–Crippen LogP) is 2.05. The highest BCUT2D eigenvalue weighted by Gasteiger charge is 2.28. The Labute approximate surface area is 172 Å². The fourth-order valence-corrected chi connectivity index (χ4v) is 3.54. The number of rotatable bonds is 8. The maximum Gasteiger partial charge on any atom is 0.275 e. The summed E-state index contributed by atoms with van der Waals surface area (Å²) in [6.45, 7) is 1.17. The Balaban J connectivity index is 2.01. The van der Waals surface area contributed by atoms with Crippen LogP contribution < -0.4 is 10.8 Å². The van der Waals surface area contributed by atoms with Crippen molar-refractivity contribution in [3.8, 4) is 0 Å². The molecule has 10 heteroatoms. The lowest BCUT2D eigenvalue weighted by Gasteiger charge is -2.18. The zero-order valence-electron chi connectivity index (χ0n) is 16.0. The summed E-state index contributed by atoms with van der Waals surface area (Å²) in [7, 11) is -3.70. The molecule has 0 bridgehead atoms. The molecular weight excluding hydrogens is 415 g/mol. The molecule has 0 saturated heterocycles. The lowest BCUT2D eigenvalue weighted by molar-refractivity contribution is -0.146. The maximum atomic E-state index is 13.7. The van der Waals surface area contributed by atoms with Gasteiger partial charge in [-0.25, -0.2) is 18.3 Å². The molecule has 0 saturated carbocycles. The van der Waals surface area contributed by atoms with E-state index in [1.54, 1.807) is 0 Å². The second-order valence-corrected chi connectivity index (χ2v) is 8.66. The number of hydrogen-bond acceptors (Lipinski definition) is 6. The van der Waals surface area contributed by atoms with Gasteiger partial charge in [-0.1, -0.05) is 24.3 Å². The number of carbonyl (C=O) groups excluding carboxylic acids is 2. The van der Waals surface area contributed by atoms with Gasteiger partial charge in [-0.2, -0.15) is 0 Å². The van der Waals surface area contributed by atoms with Gasteiger partial charge in [0, 0.05) is 12.1 Å². The molecule has 2 amide bonds. The number of carbonyl (C=O) groups is 2. The molecule has 8 nitrogen and oxygen atoms in total. The van der Waals surface area contributed by atoms with Gasteiger partial charge in [-0.15, -0.1) is 0 Å². The first kappa shape index (κ1) is 23.2. The number of nitrogens with one attached hydrogen (secondary N) is 2. The molecule has 160 valence electrons. The highest BCUT2D eigenvalue weighted by Crippen LogP contribution is 2.18. The fraction of sp³-hybridized carbons (Fsp3) is 0.200. The van der Waals surface area contributed by atoms with Crippen molar-refractivity contribution < 1.29 is 32.7 Å². The Morgan fingerprint density at radius 2 is 1.73 bits per heavy atom. The fourth-order valence-electron chi connectivity index (χ4n) is 2.41. The topological polar surface area (TPSA) is 133 Å². The van der Waals surface area contributed by atoms with Crippen molar-refractivity contribution in [2.24, 2.45) is 0 Å².